The van der Waals surface area contributed by atoms with Crippen molar-refractivity contribution in [2.24, 2.45) is 7.05 Å². The number of hydrogen-bond donors (Lipinski definition) is 2. The Morgan fingerprint density at radius 2 is 1.96 bits per heavy atom. The van der Waals surface area contributed by atoms with Crippen molar-refractivity contribution in [3.63, 3.8) is 0 Å². The second kappa shape index (κ2) is 7.69. The van der Waals surface area contributed by atoms with E-state index in [1.165, 1.54) is 13.2 Å². The lowest BCUT2D eigenvalue weighted by Gasteiger charge is -2.29. The van der Waals surface area contributed by atoms with E-state index in [1.807, 2.05) is 30.3 Å². The number of amides is 1. The Labute approximate surface area is 143 Å². The normalized spacial score (nSPS) is 14.1. The molecule has 0 radical (unpaired) electrons. The fourth-order valence-corrected chi connectivity index (χ4v) is 2.53. The monoisotopic (exact) mass is 355 g/mol. The van der Waals surface area contributed by atoms with Gasteiger partial charge in [-0.05, 0) is 18.4 Å². The molecule has 0 bridgehead atoms. The SMILES string of the molecule is Cn1ccnc1C(O)(CC(=O)NCCCc1ccccc1)C(F)(F)F. The molecule has 8 heteroatoms. The van der Waals surface area contributed by atoms with Crippen LogP contribution in [0.25, 0.3) is 0 Å². The number of aliphatic hydroxyl groups is 1. The van der Waals surface area contributed by atoms with Crippen molar-refractivity contribution in [1.82, 2.24) is 14.9 Å². The second-order valence-corrected chi connectivity index (χ2v) is 5.84. The summed E-state index contributed by atoms with van der Waals surface area (Å²) in [6.07, 6.45) is -2.44. The van der Waals surface area contributed by atoms with Gasteiger partial charge >= 0.3 is 6.18 Å². The number of aromatic nitrogens is 2. The Morgan fingerprint density at radius 3 is 2.52 bits per heavy atom. The Bertz CT molecular complexity index is 701. The largest absolute Gasteiger partial charge is 0.425 e. The van der Waals surface area contributed by atoms with Crippen molar-refractivity contribution >= 4 is 5.91 Å². The van der Waals surface area contributed by atoms with Crippen LogP contribution in [0.4, 0.5) is 13.2 Å². The van der Waals surface area contributed by atoms with Gasteiger partial charge in [0.25, 0.3) is 0 Å². The highest BCUT2D eigenvalue weighted by molar-refractivity contribution is 5.77. The molecule has 0 aliphatic heterocycles. The van der Waals surface area contributed by atoms with Crippen LogP contribution in [-0.2, 0) is 23.9 Å². The second-order valence-electron chi connectivity index (χ2n) is 5.84. The number of nitrogens with zero attached hydrogens (tertiary/aromatic N) is 2. The zero-order valence-electron chi connectivity index (χ0n) is 13.8. The van der Waals surface area contributed by atoms with Crippen LogP contribution in [0, 0.1) is 0 Å². The van der Waals surface area contributed by atoms with Crippen LogP contribution in [0.3, 0.4) is 0 Å². The van der Waals surface area contributed by atoms with Crippen molar-refractivity contribution in [2.45, 2.75) is 31.0 Å². The van der Waals surface area contributed by atoms with Crippen LogP contribution in [0.15, 0.2) is 42.7 Å². The number of benzene rings is 1. The van der Waals surface area contributed by atoms with Crippen LogP contribution >= 0.6 is 0 Å². The molecule has 1 aromatic heterocycles. The van der Waals surface area contributed by atoms with E-state index in [1.54, 1.807) is 0 Å². The van der Waals surface area contributed by atoms with Gasteiger partial charge in [-0.1, -0.05) is 30.3 Å². The first-order valence-corrected chi connectivity index (χ1v) is 7.81. The number of aryl methyl sites for hydroxylation is 2. The fourth-order valence-electron chi connectivity index (χ4n) is 2.53. The van der Waals surface area contributed by atoms with Crippen LogP contribution in [-0.4, -0.2) is 33.3 Å². The molecule has 1 unspecified atom stereocenters. The highest BCUT2D eigenvalue weighted by Gasteiger charge is 2.58. The number of halogens is 3. The third-order valence-electron chi connectivity index (χ3n) is 3.88. The van der Waals surface area contributed by atoms with Gasteiger partial charge < -0.3 is 15.0 Å². The van der Waals surface area contributed by atoms with Gasteiger partial charge in [0.1, 0.15) is 0 Å². The van der Waals surface area contributed by atoms with Gasteiger partial charge in [-0.15, -0.1) is 0 Å². The number of alkyl halides is 3. The van der Waals surface area contributed by atoms with Crippen LogP contribution < -0.4 is 5.32 Å². The molecule has 1 heterocycles. The molecule has 1 aromatic carbocycles. The molecule has 25 heavy (non-hydrogen) atoms. The summed E-state index contributed by atoms with van der Waals surface area (Å²) < 4.78 is 41.1. The maximum atomic E-state index is 13.3. The number of carbonyl (C=O) groups excluding carboxylic acids is 1. The minimum Gasteiger partial charge on any atom is -0.374 e. The van der Waals surface area contributed by atoms with E-state index in [2.05, 4.69) is 10.3 Å². The summed E-state index contributed by atoms with van der Waals surface area (Å²) in [4.78, 5) is 15.5. The van der Waals surface area contributed by atoms with Crippen LogP contribution in [0.5, 0.6) is 0 Å². The molecule has 0 spiro atoms. The highest BCUT2D eigenvalue weighted by Crippen LogP contribution is 2.40. The van der Waals surface area contributed by atoms with E-state index >= 15 is 0 Å². The summed E-state index contributed by atoms with van der Waals surface area (Å²) in [5.41, 5.74) is -2.24. The number of imidazole rings is 1. The van der Waals surface area contributed by atoms with Gasteiger partial charge in [0.05, 0.1) is 6.42 Å². The summed E-state index contributed by atoms with van der Waals surface area (Å²) in [5.74, 6) is -1.49. The zero-order valence-corrected chi connectivity index (χ0v) is 13.8. The third kappa shape index (κ3) is 4.60. The molecule has 1 amide bonds. The average Bonchev–Trinajstić information content (AvgIpc) is 2.98. The van der Waals surface area contributed by atoms with Gasteiger partial charge in [-0.25, -0.2) is 4.98 Å². The van der Waals surface area contributed by atoms with E-state index in [9.17, 15) is 23.1 Å². The lowest BCUT2D eigenvalue weighted by molar-refractivity contribution is -0.271. The smallest absolute Gasteiger partial charge is 0.374 e. The average molecular weight is 355 g/mol. The van der Waals surface area contributed by atoms with Gasteiger partial charge in [-0.3, -0.25) is 4.79 Å². The number of hydrogen-bond acceptors (Lipinski definition) is 3. The van der Waals surface area contributed by atoms with Crippen molar-refractivity contribution in [2.75, 3.05) is 6.54 Å². The maximum Gasteiger partial charge on any atom is 0.425 e. The first-order chi connectivity index (χ1) is 11.7. The van der Waals surface area contributed by atoms with Crippen molar-refractivity contribution in [3.05, 3.63) is 54.1 Å². The molecule has 2 rings (SSSR count). The van der Waals surface area contributed by atoms with Gasteiger partial charge in [0.2, 0.25) is 11.5 Å². The number of rotatable bonds is 7. The summed E-state index contributed by atoms with van der Waals surface area (Å²) in [6, 6.07) is 9.55. The first-order valence-electron chi connectivity index (χ1n) is 7.81. The number of carbonyl (C=O) groups is 1. The molecular weight excluding hydrogens is 335 g/mol. The molecule has 0 saturated heterocycles. The quantitative estimate of drug-likeness (QED) is 0.749. The minimum absolute atomic E-state index is 0.224. The maximum absolute atomic E-state index is 13.3. The topological polar surface area (TPSA) is 67.1 Å². The van der Waals surface area contributed by atoms with Crippen molar-refractivity contribution < 1.29 is 23.1 Å². The molecule has 2 N–H and O–H groups in total. The first kappa shape index (κ1) is 19.0. The lowest BCUT2D eigenvalue weighted by atomic mass is 9.97. The predicted molar refractivity (Wildman–Crippen MR) is 85.5 cm³/mol. The molecule has 1 atom stereocenters. The Morgan fingerprint density at radius 1 is 1.28 bits per heavy atom. The minimum atomic E-state index is -5.02. The van der Waals surface area contributed by atoms with E-state index in [-0.39, 0.29) is 6.54 Å². The lowest BCUT2D eigenvalue weighted by Crippen LogP contribution is -2.48. The predicted octanol–water partition coefficient (Wildman–Crippen LogP) is 2.31. The summed E-state index contributed by atoms with van der Waals surface area (Å²) in [7, 11) is 1.33. The van der Waals surface area contributed by atoms with Gasteiger partial charge in [-0.2, -0.15) is 13.2 Å². The number of nitrogens with one attached hydrogen (secondary N) is 1. The highest BCUT2D eigenvalue weighted by atomic mass is 19.4. The molecule has 5 nitrogen and oxygen atoms in total. The summed E-state index contributed by atoms with van der Waals surface area (Å²) in [6.45, 7) is 0.224. The van der Waals surface area contributed by atoms with E-state index in [0.29, 0.717) is 12.8 Å². The van der Waals surface area contributed by atoms with E-state index in [4.69, 9.17) is 0 Å². The molecule has 2 aromatic rings. The Hall–Kier alpha value is -2.35. The van der Waals surface area contributed by atoms with E-state index < -0.39 is 29.9 Å². The van der Waals surface area contributed by atoms with Gasteiger partial charge in [0.15, 0.2) is 5.82 Å². The third-order valence-corrected chi connectivity index (χ3v) is 3.88. The van der Waals surface area contributed by atoms with Gasteiger partial charge in [0, 0.05) is 26.0 Å². The van der Waals surface area contributed by atoms with Crippen LogP contribution in [0.1, 0.15) is 24.2 Å². The van der Waals surface area contributed by atoms with Crippen LogP contribution in [0.2, 0.25) is 0 Å². The standard InChI is InChI=1S/C17H20F3N3O2/c1-23-11-10-22-15(23)16(25,17(18,19)20)12-14(24)21-9-5-8-13-6-3-2-4-7-13/h2-4,6-7,10-11,25H,5,8-9,12H2,1H3,(H,21,24). The molecule has 0 aliphatic rings. The Balaban J connectivity index is 1.93. The van der Waals surface area contributed by atoms with Crippen molar-refractivity contribution in [1.29, 1.82) is 0 Å². The molecule has 0 saturated carbocycles. The fraction of sp³-hybridized carbons (Fsp3) is 0.412. The zero-order chi connectivity index (χ0) is 18.5. The van der Waals surface area contributed by atoms with E-state index in [0.717, 1.165) is 16.3 Å². The molecular formula is C17H20F3N3O2. The summed E-state index contributed by atoms with van der Waals surface area (Å²) in [5, 5.41) is 12.6. The Kier molecular flexibility index (Phi) is 5.84. The molecule has 136 valence electrons. The molecule has 0 aliphatic carbocycles. The summed E-state index contributed by atoms with van der Waals surface area (Å²) >= 11 is 0. The molecule has 0 fully saturated rings. The van der Waals surface area contributed by atoms with Crippen molar-refractivity contribution in [3.8, 4) is 0 Å².